The molecule has 4 fully saturated rings. The molecule has 5 aliphatic carbocycles. The second kappa shape index (κ2) is 8.06. The van der Waals surface area contributed by atoms with Crippen LogP contribution >= 0.6 is 0 Å². The van der Waals surface area contributed by atoms with Crippen LogP contribution in [0.2, 0.25) is 0 Å². The van der Waals surface area contributed by atoms with Crippen LogP contribution < -0.4 is 0 Å². The Morgan fingerprint density at radius 1 is 1.03 bits per heavy atom. The van der Waals surface area contributed by atoms with Gasteiger partial charge in [0.2, 0.25) is 0 Å². The van der Waals surface area contributed by atoms with Crippen LogP contribution in [0.5, 0.6) is 0 Å². The van der Waals surface area contributed by atoms with Crippen molar-refractivity contribution in [3.63, 3.8) is 0 Å². The Bertz CT molecular complexity index is 1260. The first kappa shape index (κ1) is 23.9. The lowest BCUT2D eigenvalue weighted by atomic mass is 9.33. The van der Waals surface area contributed by atoms with Crippen molar-refractivity contribution in [1.82, 2.24) is 0 Å². The SMILES string of the molecule is [2H]C1([2H])C[C@]2(C)[C@H]3CC=C4[C@@H]5CC(C)(C)CC[C@]5(C(=O)O)CC[C@@]4(C)[C@]3(C)CC[C@H]2C(C)(C)[C@@]1([2H])OS(=O)(=O)O. The van der Waals surface area contributed by atoms with E-state index in [1.165, 1.54) is 5.57 Å². The lowest BCUT2D eigenvalue weighted by molar-refractivity contribution is -0.202. The zero-order chi connectivity index (χ0) is 30.2. The van der Waals surface area contributed by atoms with Gasteiger partial charge < -0.3 is 5.11 Å². The highest BCUT2D eigenvalue weighted by Gasteiger charge is 2.69. The van der Waals surface area contributed by atoms with Crippen LogP contribution in [0.3, 0.4) is 0 Å². The van der Waals surface area contributed by atoms with Crippen LogP contribution in [-0.2, 0) is 19.4 Å². The number of aliphatic carboxylic acids is 1. The Kier molecular flexibility index (Phi) is 5.21. The molecule has 0 bridgehead atoms. The van der Waals surface area contributed by atoms with E-state index in [0.29, 0.717) is 25.7 Å². The molecule has 0 saturated heterocycles. The Morgan fingerprint density at radius 2 is 1.68 bits per heavy atom. The number of rotatable bonds is 3. The molecule has 210 valence electrons. The highest BCUT2D eigenvalue weighted by molar-refractivity contribution is 7.80. The minimum Gasteiger partial charge on any atom is -0.481 e. The minimum atomic E-state index is -5.06. The molecule has 8 atom stereocenters. The van der Waals surface area contributed by atoms with E-state index in [-0.39, 0.29) is 40.4 Å². The molecule has 0 aliphatic heterocycles. The molecule has 6 nitrogen and oxygen atoms in total. The van der Waals surface area contributed by atoms with E-state index in [1.807, 2.05) is 0 Å². The molecule has 0 aromatic rings. The Hall–Kier alpha value is -0.920. The van der Waals surface area contributed by atoms with Crippen molar-refractivity contribution >= 4 is 16.4 Å². The maximum Gasteiger partial charge on any atom is 0.397 e. The zero-order valence-electron chi connectivity index (χ0n) is 26.6. The third kappa shape index (κ3) is 3.76. The molecule has 37 heavy (non-hydrogen) atoms. The molecule has 0 unspecified atom stereocenters. The third-order valence-electron chi connectivity index (χ3n) is 12.6. The molecule has 0 heterocycles. The van der Waals surface area contributed by atoms with Gasteiger partial charge in [-0.05, 0) is 109 Å². The predicted octanol–water partition coefficient (Wildman–Crippen LogP) is 7.06. The van der Waals surface area contributed by atoms with Gasteiger partial charge in [-0.3, -0.25) is 9.35 Å². The van der Waals surface area contributed by atoms with Crippen molar-refractivity contribution in [2.45, 2.75) is 119 Å². The van der Waals surface area contributed by atoms with E-state index < -0.39 is 45.1 Å². The van der Waals surface area contributed by atoms with Gasteiger partial charge in [-0.25, -0.2) is 4.18 Å². The normalized spacial score (nSPS) is 53.0. The average molecular weight is 540 g/mol. The maximum atomic E-state index is 12.8. The second-order valence-electron chi connectivity index (χ2n) is 15.1. The Morgan fingerprint density at radius 3 is 2.30 bits per heavy atom. The molecule has 5 rings (SSSR count). The number of hydrogen-bond acceptors (Lipinski definition) is 4. The van der Waals surface area contributed by atoms with Gasteiger partial charge in [0, 0.05) is 2.74 Å². The summed E-state index contributed by atoms with van der Waals surface area (Å²) in [5.41, 5.74) is -1.61. The number of hydrogen-bond donors (Lipinski definition) is 2. The molecule has 7 heteroatoms. The summed E-state index contributed by atoms with van der Waals surface area (Å²) in [6.07, 6.45) is 3.49. The van der Waals surface area contributed by atoms with Gasteiger partial charge >= 0.3 is 16.4 Å². The van der Waals surface area contributed by atoms with E-state index in [2.05, 4.69) is 40.7 Å². The summed E-state index contributed by atoms with van der Waals surface area (Å²) < 4.78 is 65.2. The van der Waals surface area contributed by atoms with Crippen molar-refractivity contribution in [3.05, 3.63) is 11.6 Å². The summed E-state index contributed by atoms with van der Waals surface area (Å²) in [7, 11) is -5.06. The summed E-state index contributed by atoms with van der Waals surface area (Å²) in [5.74, 6) is -0.845. The number of carboxylic acid groups (broad SMARTS) is 1. The fourth-order valence-electron chi connectivity index (χ4n) is 10.3. The molecule has 4 saturated carbocycles. The zero-order valence-corrected chi connectivity index (χ0v) is 24.4. The van der Waals surface area contributed by atoms with Crippen LogP contribution in [0.15, 0.2) is 11.6 Å². The minimum absolute atomic E-state index is 0.0194. The van der Waals surface area contributed by atoms with E-state index in [0.717, 1.165) is 25.7 Å². The third-order valence-corrected chi connectivity index (χ3v) is 13.0. The van der Waals surface area contributed by atoms with Gasteiger partial charge in [0.1, 0.15) is 0 Å². The van der Waals surface area contributed by atoms with Crippen molar-refractivity contribution in [3.8, 4) is 0 Å². The van der Waals surface area contributed by atoms with E-state index >= 15 is 0 Å². The van der Waals surface area contributed by atoms with Crippen molar-refractivity contribution in [1.29, 1.82) is 0 Å². The Labute approximate surface area is 228 Å². The molecular weight excluding hydrogens is 488 g/mol. The van der Waals surface area contributed by atoms with Crippen molar-refractivity contribution in [2.24, 2.45) is 50.2 Å². The van der Waals surface area contributed by atoms with Crippen LogP contribution in [0, 0.1) is 50.2 Å². The molecule has 0 aromatic heterocycles. The molecule has 5 aliphatic rings. The molecule has 0 radical (unpaired) electrons. The highest BCUT2D eigenvalue weighted by Crippen LogP contribution is 2.75. The largest absolute Gasteiger partial charge is 0.481 e. The fraction of sp³-hybridized carbons (Fsp3) is 0.900. The first-order valence-electron chi connectivity index (χ1n) is 15.5. The summed E-state index contributed by atoms with van der Waals surface area (Å²) in [5, 5.41) is 10.5. The number of allylic oxidation sites excluding steroid dienone is 2. The Balaban J connectivity index is 1.62. The van der Waals surface area contributed by atoms with Gasteiger partial charge in [-0.1, -0.05) is 60.1 Å². The smallest absolute Gasteiger partial charge is 0.397 e. The maximum absolute atomic E-state index is 12.8. The van der Waals surface area contributed by atoms with Crippen LogP contribution in [0.1, 0.15) is 117 Å². The molecule has 0 aromatic carbocycles. The van der Waals surface area contributed by atoms with Crippen molar-refractivity contribution in [2.75, 3.05) is 0 Å². The standard InChI is InChI=1S/C30H48O6S/c1-25(2)14-16-30(24(31)32)17-15-28(6)19(20(30)18-25)8-9-22-27(5)12-11-23(36-37(33,34)35)26(3,4)21(27)10-13-29(22,28)7/h8,20-23H,9-18H2,1-7H3,(H,31,32)(H,33,34,35)/t20-,21-,22+,23-,27-,28+,29+,30-/m0/s1/i11D2,23D. The summed E-state index contributed by atoms with van der Waals surface area (Å²) in [4.78, 5) is 12.8. The topological polar surface area (TPSA) is 101 Å². The predicted molar refractivity (Wildman–Crippen MR) is 143 cm³/mol. The summed E-state index contributed by atoms with van der Waals surface area (Å²) in [6, 6.07) is 0. The van der Waals surface area contributed by atoms with E-state index in [1.54, 1.807) is 13.8 Å². The van der Waals surface area contributed by atoms with Gasteiger partial charge in [-0.2, -0.15) is 8.42 Å². The molecule has 0 spiro atoms. The first-order valence-corrected chi connectivity index (χ1v) is 15.4. The number of carbonyl (C=O) groups is 1. The summed E-state index contributed by atoms with van der Waals surface area (Å²) in [6.45, 7) is 14.7. The summed E-state index contributed by atoms with van der Waals surface area (Å²) >= 11 is 0. The fourth-order valence-corrected chi connectivity index (χ4v) is 10.8. The van der Waals surface area contributed by atoms with Gasteiger partial charge in [0.15, 0.2) is 0 Å². The van der Waals surface area contributed by atoms with Gasteiger partial charge in [0.05, 0.1) is 12.9 Å². The van der Waals surface area contributed by atoms with Gasteiger partial charge in [0.25, 0.3) is 0 Å². The number of carboxylic acids is 1. The number of fused-ring (bicyclic) bond motifs is 7. The van der Waals surface area contributed by atoms with Crippen LogP contribution in [0.25, 0.3) is 0 Å². The van der Waals surface area contributed by atoms with Crippen LogP contribution in [0.4, 0.5) is 0 Å². The lowest BCUT2D eigenvalue weighted by Crippen LogP contribution is -2.65. The average Bonchev–Trinajstić information content (AvgIpc) is 2.76. The monoisotopic (exact) mass is 539 g/mol. The molecule has 0 amide bonds. The van der Waals surface area contributed by atoms with Crippen LogP contribution in [-0.4, -0.2) is 30.1 Å². The van der Waals surface area contributed by atoms with Gasteiger partial charge in [-0.15, -0.1) is 0 Å². The van der Waals surface area contributed by atoms with E-state index in [4.69, 9.17) is 8.30 Å². The highest BCUT2D eigenvalue weighted by atomic mass is 32.3. The second-order valence-corrected chi connectivity index (χ2v) is 16.1. The quantitative estimate of drug-likeness (QED) is 0.294. The van der Waals surface area contributed by atoms with Crippen molar-refractivity contribution < 1.29 is 31.2 Å². The lowest BCUT2D eigenvalue weighted by Gasteiger charge is -2.71. The van der Waals surface area contributed by atoms with E-state index in [9.17, 15) is 22.9 Å². The molecule has 2 N–H and O–H groups in total. The first-order chi connectivity index (χ1) is 17.9. The molecular formula is C30H48O6S.